The number of aryl methyl sites for hydroxylation is 1. The Balaban J connectivity index is 1.82. The summed E-state index contributed by atoms with van der Waals surface area (Å²) in [6.45, 7) is 3.11. The maximum Gasteiger partial charge on any atom is 0.138 e. The van der Waals surface area contributed by atoms with Crippen molar-refractivity contribution < 1.29 is 0 Å². The Morgan fingerprint density at radius 3 is 2.74 bits per heavy atom. The van der Waals surface area contributed by atoms with Crippen LogP contribution in [-0.4, -0.2) is 20.8 Å². The largest absolute Gasteiger partial charge is 0.327 e. The second kappa shape index (κ2) is 7.63. The lowest BCUT2D eigenvalue weighted by Gasteiger charge is -2.19. The topological polar surface area (TPSA) is 56.7 Å². The van der Waals surface area contributed by atoms with Crippen molar-refractivity contribution in [1.82, 2.24) is 14.8 Å². The van der Waals surface area contributed by atoms with E-state index in [2.05, 4.69) is 17.0 Å². The van der Waals surface area contributed by atoms with Crippen molar-refractivity contribution in [2.24, 2.45) is 11.7 Å². The summed E-state index contributed by atoms with van der Waals surface area (Å²) in [7, 11) is 0. The van der Waals surface area contributed by atoms with Crippen molar-refractivity contribution in [3.63, 3.8) is 0 Å². The highest BCUT2D eigenvalue weighted by Gasteiger charge is 2.17. The molecule has 108 valence electrons. The first-order valence-corrected chi connectivity index (χ1v) is 7.92. The molecule has 0 spiro atoms. The number of nitrogens with two attached hydrogens (primary N) is 1. The van der Waals surface area contributed by atoms with Crippen molar-refractivity contribution in [2.45, 2.75) is 77.3 Å². The standard InChI is InChI=1S/C15H28N4/c1-2-9-19-15(17-12-18-19)11-14(16)10-13-7-5-3-4-6-8-13/h12-14H,2-11,16H2,1H3. The van der Waals surface area contributed by atoms with Gasteiger partial charge in [0.05, 0.1) is 0 Å². The van der Waals surface area contributed by atoms with Gasteiger partial charge in [0.1, 0.15) is 12.2 Å². The average Bonchev–Trinajstić information content (AvgIpc) is 2.65. The third kappa shape index (κ3) is 4.60. The van der Waals surface area contributed by atoms with Crippen LogP contribution in [0.5, 0.6) is 0 Å². The van der Waals surface area contributed by atoms with Crippen molar-refractivity contribution in [2.75, 3.05) is 0 Å². The summed E-state index contributed by atoms with van der Waals surface area (Å²) < 4.78 is 2.01. The van der Waals surface area contributed by atoms with E-state index < -0.39 is 0 Å². The summed E-state index contributed by atoms with van der Waals surface area (Å²) in [5, 5.41) is 4.27. The van der Waals surface area contributed by atoms with Crippen LogP contribution >= 0.6 is 0 Å². The molecule has 1 unspecified atom stereocenters. The zero-order chi connectivity index (χ0) is 13.5. The second-order valence-electron chi connectivity index (χ2n) is 5.96. The van der Waals surface area contributed by atoms with Crippen LogP contribution in [0.25, 0.3) is 0 Å². The molecule has 1 fully saturated rings. The van der Waals surface area contributed by atoms with E-state index >= 15 is 0 Å². The maximum atomic E-state index is 6.33. The lowest BCUT2D eigenvalue weighted by molar-refractivity contribution is 0.381. The minimum atomic E-state index is 0.239. The van der Waals surface area contributed by atoms with Gasteiger partial charge in [0.25, 0.3) is 0 Å². The van der Waals surface area contributed by atoms with E-state index in [1.54, 1.807) is 6.33 Å². The van der Waals surface area contributed by atoms with Gasteiger partial charge in [-0.2, -0.15) is 5.10 Å². The first kappa shape index (κ1) is 14.5. The van der Waals surface area contributed by atoms with Gasteiger partial charge in [-0.15, -0.1) is 0 Å². The smallest absolute Gasteiger partial charge is 0.138 e. The number of aromatic nitrogens is 3. The molecule has 1 aliphatic carbocycles. The zero-order valence-corrected chi connectivity index (χ0v) is 12.2. The Morgan fingerprint density at radius 1 is 1.32 bits per heavy atom. The molecule has 0 aliphatic heterocycles. The second-order valence-corrected chi connectivity index (χ2v) is 5.96. The predicted molar refractivity (Wildman–Crippen MR) is 77.8 cm³/mol. The van der Waals surface area contributed by atoms with Crippen molar-refractivity contribution in [3.05, 3.63) is 12.2 Å². The van der Waals surface area contributed by atoms with Gasteiger partial charge < -0.3 is 5.73 Å². The highest BCUT2D eigenvalue weighted by molar-refractivity contribution is 4.89. The molecule has 0 saturated heterocycles. The fourth-order valence-corrected chi connectivity index (χ4v) is 3.19. The molecule has 1 saturated carbocycles. The molecular formula is C15H28N4. The lowest BCUT2D eigenvalue weighted by Crippen LogP contribution is -2.27. The lowest BCUT2D eigenvalue weighted by atomic mass is 9.91. The van der Waals surface area contributed by atoms with Gasteiger partial charge in [-0.1, -0.05) is 45.4 Å². The Bertz CT molecular complexity index is 353. The molecule has 0 aromatic carbocycles. The number of nitrogens with zero attached hydrogens (tertiary/aromatic N) is 3. The summed E-state index contributed by atoms with van der Waals surface area (Å²) in [5.74, 6) is 1.89. The van der Waals surface area contributed by atoms with Crippen molar-refractivity contribution in [1.29, 1.82) is 0 Å². The van der Waals surface area contributed by atoms with Crippen LogP contribution < -0.4 is 5.73 Å². The number of hydrogen-bond acceptors (Lipinski definition) is 3. The molecule has 0 radical (unpaired) electrons. The summed E-state index contributed by atoms with van der Waals surface area (Å²) in [5.41, 5.74) is 6.33. The van der Waals surface area contributed by atoms with Crippen LogP contribution in [0.15, 0.2) is 6.33 Å². The molecule has 2 rings (SSSR count). The quantitative estimate of drug-likeness (QED) is 0.804. The molecule has 19 heavy (non-hydrogen) atoms. The van der Waals surface area contributed by atoms with Gasteiger partial charge in [-0.05, 0) is 18.8 Å². The first-order valence-electron chi connectivity index (χ1n) is 7.92. The Morgan fingerprint density at radius 2 is 2.05 bits per heavy atom. The summed E-state index contributed by atoms with van der Waals surface area (Å²) >= 11 is 0. The molecule has 0 amide bonds. The highest BCUT2D eigenvalue weighted by Crippen LogP contribution is 2.26. The van der Waals surface area contributed by atoms with Crippen LogP contribution in [0.2, 0.25) is 0 Å². The predicted octanol–water partition coefficient (Wildman–Crippen LogP) is 2.92. The number of rotatable bonds is 6. The van der Waals surface area contributed by atoms with Gasteiger partial charge >= 0.3 is 0 Å². The van der Waals surface area contributed by atoms with Crippen LogP contribution in [0.3, 0.4) is 0 Å². The molecule has 1 aliphatic rings. The molecule has 1 heterocycles. The van der Waals surface area contributed by atoms with Gasteiger partial charge in [0.15, 0.2) is 0 Å². The van der Waals surface area contributed by atoms with E-state index in [1.165, 1.54) is 38.5 Å². The Hall–Kier alpha value is -0.900. The maximum absolute atomic E-state index is 6.33. The minimum Gasteiger partial charge on any atom is -0.327 e. The van der Waals surface area contributed by atoms with Crippen LogP contribution in [0, 0.1) is 5.92 Å². The Kier molecular flexibility index (Phi) is 5.83. The van der Waals surface area contributed by atoms with Gasteiger partial charge in [-0.25, -0.2) is 4.98 Å². The minimum absolute atomic E-state index is 0.239. The van der Waals surface area contributed by atoms with Crippen molar-refractivity contribution >= 4 is 0 Å². The van der Waals surface area contributed by atoms with Crippen LogP contribution in [0.4, 0.5) is 0 Å². The summed E-state index contributed by atoms with van der Waals surface area (Å²) in [6, 6.07) is 0.239. The van der Waals surface area contributed by atoms with Gasteiger partial charge in [-0.3, -0.25) is 4.68 Å². The molecule has 2 N–H and O–H groups in total. The van der Waals surface area contributed by atoms with E-state index in [0.717, 1.165) is 37.5 Å². The SMILES string of the molecule is CCCn1ncnc1CC(N)CC1CCCCCC1. The summed E-state index contributed by atoms with van der Waals surface area (Å²) in [6.07, 6.45) is 13.1. The van der Waals surface area contributed by atoms with E-state index in [4.69, 9.17) is 5.73 Å². The van der Waals surface area contributed by atoms with Gasteiger partial charge in [0.2, 0.25) is 0 Å². The van der Waals surface area contributed by atoms with E-state index in [9.17, 15) is 0 Å². The molecule has 4 heteroatoms. The Labute approximate surface area is 116 Å². The zero-order valence-electron chi connectivity index (χ0n) is 12.2. The fourth-order valence-electron chi connectivity index (χ4n) is 3.19. The van der Waals surface area contributed by atoms with E-state index in [-0.39, 0.29) is 6.04 Å². The van der Waals surface area contributed by atoms with E-state index in [1.807, 2.05) is 4.68 Å². The van der Waals surface area contributed by atoms with E-state index in [0.29, 0.717) is 0 Å². The van der Waals surface area contributed by atoms with Gasteiger partial charge in [0, 0.05) is 19.0 Å². The van der Waals surface area contributed by atoms with Crippen molar-refractivity contribution in [3.8, 4) is 0 Å². The molecule has 1 aromatic heterocycles. The molecule has 1 atom stereocenters. The monoisotopic (exact) mass is 264 g/mol. The third-order valence-corrected chi connectivity index (χ3v) is 4.19. The summed E-state index contributed by atoms with van der Waals surface area (Å²) in [4.78, 5) is 4.36. The average molecular weight is 264 g/mol. The highest BCUT2D eigenvalue weighted by atomic mass is 15.3. The first-order chi connectivity index (χ1) is 9.29. The fraction of sp³-hybridized carbons (Fsp3) is 0.867. The van der Waals surface area contributed by atoms with Crippen LogP contribution in [0.1, 0.15) is 64.1 Å². The molecule has 0 bridgehead atoms. The van der Waals surface area contributed by atoms with Crippen LogP contribution in [-0.2, 0) is 13.0 Å². The normalized spacial score (nSPS) is 19.3. The number of hydrogen-bond donors (Lipinski definition) is 1. The molecular weight excluding hydrogens is 236 g/mol. The third-order valence-electron chi connectivity index (χ3n) is 4.19. The molecule has 1 aromatic rings. The molecule has 4 nitrogen and oxygen atoms in total.